The zero-order valence-corrected chi connectivity index (χ0v) is 14.5. The predicted octanol–water partition coefficient (Wildman–Crippen LogP) is 3.00. The fraction of sp³-hybridized carbons (Fsp3) is 0.625. The van der Waals surface area contributed by atoms with E-state index >= 15 is 0 Å². The molecule has 0 spiro atoms. The van der Waals surface area contributed by atoms with Crippen LogP contribution in [0.2, 0.25) is 0 Å². The Morgan fingerprint density at radius 3 is 2.59 bits per heavy atom. The van der Waals surface area contributed by atoms with Crippen LogP contribution in [0.5, 0.6) is 0 Å². The van der Waals surface area contributed by atoms with Gasteiger partial charge in [0.2, 0.25) is 0 Å². The Labute approximate surface area is 144 Å². The number of nitrogens with two attached hydrogens (primary N) is 1. The number of hydrogen-bond donors (Lipinski definition) is 1. The maximum absolute atomic E-state index is 12.6. The summed E-state index contributed by atoms with van der Waals surface area (Å²) in [7, 11) is 0. The summed E-state index contributed by atoms with van der Waals surface area (Å²) < 4.78 is 0. The summed E-state index contributed by atoms with van der Waals surface area (Å²) in [6.45, 7) is 3.57. The van der Waals surface area contributed by atoms with Crippen LogP contribution in [0.1, 0.15) is 54.6 Å². The van der Waals surface area contributed by atoms with E-state index in [0.717, 1.165) is 19.4 Å². The molecule has 1 amide bonds. The third kappa shape index (κ3) is 4.12. The molecule has 2 unspecified atom stereocenters. The average molecular weight is 346 g/mol. The van der Waals surface area contributed by atoms with E-state index < -0.39 is 0 Å². The molecular weight excluding hydrogens is 321 g/mol. The van der Waals surface area contributed by atoms with E-state index in [-0.39, 0.29) is 36.8 Å². The molecule has 1 saturated carbocycles. The van der Waals surface area contributed by atoms with Gasteiger partial charge in [-0.05, 0) is 49.1 Å². The highest BCUT2D eigenvalue weighted by Crippen LogP contribution is 2.39. The van der Waals surface area contributed by atoms with E-state index in [4.69, 9.17) is 5.73 Å². The fourth-order valence-corrected chi connectivity index (χ4v) is 3.08. The lowest BCUT2D eigenvalue weighted by molar-refractivity contribution is 0.0567. The average Bonchev–Trinajstić information content (AvgIpc) is 3.31. The van der Waals surface area contributed by atoms with Crippen LogP contribution in [0.3, 0.4) is 0 Å². The number of halogens is 2. The first-order valence-electron chi connectivity index (χ1n) is 7.66. The van der Waals surface area contributed by atoms with E-state index in [1.165, 1.54) is 18.4 Å². The highest BCUT2D eigenvalue weighted by Gasteiger charge is 2.30. The number of likely N-dealkylation sites (tertiary alicyclic amines) is 1. The highest BCUT2D eigenvalue weighted by atomic mass is 35.5. The van der Waals surface area contributed by atoms with Crippen molar-refractivity contribution in [1.29, 1.82) is 0 Å². The van der Waals surface area contributed by atoms with Crippen LogP contribution >= 0.6 is 24.8 Å². The van der Waals surface area contributed by atoms with Gasteiger partial charge in [0.1, 0.15) is 5.69 Å². The summed E-state index contributed by atoms with van der Waals surface area (Å²) >= 11 is 0. The summed E-state index contributed by atoms with van der Waals surface area (Å²) in [6, 6.07) is 4.10. The zero-order valence-electron chi connectivity index (χ0n) is 12.9. The van der Waals surface area contributed by atoms with Crippen LogP contribution in [-0.4, -0.2) is 34.9 Å². The summed E-state index contributed by atoms with van der Waals surface area (Å²) in [6.07, 6.45) is 6.45. The second-order valence-corrected chi connectivity index (χ2v) is 6.27. The smallest absolute Gasteiger partial charge is 0.272 e. The van der Waals surface area contributed by atoms with Gasteiger partial charge in [0.05, 0.1) is 0 Å². The van der Waals surface area contributed by atoms with Gasteiger partial charge in [-0.3, -0.25) is 9.78 Å². The van der Waals surface area contributed by atoms with Crippen molar-refractivity contribution in [3.8, 4) is 0 Å². The predicted molar refractivity (Wildman–Crippen MR) is 93.0 cm³/mol. The normalized spacial score (nSPS) is 24.2. The number of amides is 1. The molecule has 0 bridgehead atoms. The van der Waals surface area contributed by atoms with Gasteiger partial charge in [0, 0.05) is 25.3 Å². The molecule has 1 saturated heterocycles. The molecule has 6 heteroatoms. The number of nitrogens with zero attached hydrogens (tertiary/aromatic N) is 2. The zero-order chi connectivity index (χ0) is 14.1. The summed E-state index contributed by atoms with van der Waals surface area (Å²) in [5.74, 6) is 1.37. The molecule has 2 atom stereocenters. The maximum atomic E-state index is 12.6. The Hall–Kier alpha value is -0.840. The van der Waals surface area contributed by atoms with Crippen LogP contribution in [0.15, 0.2) is 18.3 Å². The molecule has 4 nitrogen and oxygen atoms in total. The molecule has 1 aromatic rings. The molecule has 2 N–H and O–H groups in total. The van der Waals surface area contributed by atoms with Crippen molar-refractivity contribution in [1.82, 2.24) is 9.88 Å². The molecule has 2 fully saturated rings. The van der Waals surface area contributed by atoms with Crippen molar-refractivity contribution < 1.29 is 4.79 Å². The van der Waals surface area contributed by atoms with E-state index in [0.29, 0.717) is 24.1 Å². The first kappa shape index (κ1) is 19.2. The fourth-order valence-electron chi connectivity index (χ4n) is 3.08. The Balaban J connectivity index is 0.00000121. The van der Waals surface area contributed by atoms with Crippen molar-refractivity contribution in [2.75, 3.05) is 13.1 Å². The third-order valence-corrected chi connectivity index (χ3v) is 4.57. The minimum Gasteiger partial charge on any atom is -0.333 e. The van der Waals surface area contributed by atoms with Crippen LogP contribution in [0.25, 0.3) is 0 Å². The SMILES string of the molecule is CC1CCN(C(=O)c2ccc(C3CC3)cn2)C(CN)C1.Cl.Cl. The Bertz CT molecular complexity index is 491. The van der Waals surface area contributed by atoms with Crippen molar-refractivity contribution >= 4 is 30.7 Å². The van der Waals surface area contributed by atoms with E-state index in [9.17, 15) is 4.79 Å². The molecule has 0 radical (unpaired) electrons. The molecule has 124 valence electrons. The van der Waals surface area contributed by atoms with Crippen molar-refractivity contribution in [2.24, 2.45) is 11.7 Å². The number of pyridine rings is 1. The van der Waals surface area contributed by atoms with E-state index in [2.05, 4.69) is 18.0 Å². The van der Waals surface area contributed by atoms with Crippen LogP contribution in [-0.2, 0) is 0 Å². The molecule has 1 aromatic heterocycles. The summed E-state index contributed by atoms with van der Waals surface area (Å²) in [5.41, 5.74) is 7.66. The van der Waals surface area contributed by atoms with Gasteiger partial charge < -0.3 is 10.6 Å². The number of carbonyl (C=O) groups excluding carboxylic acids is 1. The van der Waals surface area contributed by atoms with Crippen LogP contribution in [0.4, 0.5) is 0 Å². The molecule has 1 aliphatic carbocycles. The largest absolute Gasteiger partial charge is 0.333 e. The van der Waals surface area contributed by atoms with Crippen LogP contribution in [0, 0.1) is 5.92 Å². The maximum Gasteiger partial charge on any atom is 0.272 e. The molecule has 22 heavy (non-hydrogen) atoms. The Morgan fingerprint density at radius 1 is 1.32 bits per heavy atom. The number of carbonyl (C=O) groups is 1. The van der Waals surface area contributed by atoms with Gasteiger partial charge in [-0.25, -0.2) is 0 Å². The number of piperidine rings is 1. The molecular formula is C16H25Cl2N3O. The highest BCUT2D eigenvalue weighted by molar-refractivity contribution is 5.92. The van der Waals surface area contributed by atoms with Gasteiger partial charge in [-0.1, -0.05) is 13.0 Å². The monoisotopic (exact) mass is 345 g/mol. The molecule has 2 heterocycles. The van der Waals surface area contributed by atoms with Gasteiger partial charge in [0.25, 0.3) is 5.91 Å². The first-order valence-corrected chi connectivity index (χ1v) is 7.66. The minimum atomic E-state index is 0. The Kier molecular flexibility index (Phi) is 7.10. The number of hydrogen-bond acceptors (Lipinski definition) is 3. The quantitative estimate of drug-likeness (QED) is 0.915. The number of aromatic nitrogens is 1. The third-order valence-electron chi connectivity index (χ3n) is 4.57. The first-order chi connectivity index (χ1) is 9.69. The lowest BCUT2D eigenvalue weighted by Crippen LogP contribution is -2.49. The summed E-state index contributed by atoms with van der Waals surface area (Å²) in [4.78, 5) is 18.9. The van der Waals surface area contributed by atoms with Crippen LogP contribution < -0.4 is 5.73 Å². The lowest BCUT2D eigenvalue weighted by Gasteiger charge is -2.37. The second kappa shape index (κ2) is 8.14. The number of rotatable bonds is 3. The second-order valence-electron chi connectivity index (χ2n) is 6.27. The van der Waals surface area contributed by atoms with Crippen molar-refractivity contribution in [3.63, 3.8) is 0 Å². The topological polar surface area (TPSA) is 59.2 Å². The van der Waals surface area contributed by atoms with Gasteiger partial charge in [-0.15, -0.1) is 24.8 Å². The molecule has 2 aliphatic rings. The summed E-state index contributed by atoms with van der Waals surface area (Å²) in [5, 5.41) is 0. The molecule has 3 rings (SSSR count). The lowest BCUT2D eigenvalue weighted by atomic mass is 9.92. The Morgan fingerprint density at radius 2 is 2.05 bits per heavy atom. The van der Waals surface area contributed by atoms with E-state index in [1.807, 2.05) is 17.2 Å². The van der Waals surface area contributed by atoms with Crippen molar-refractivity contribution in [3.05, 3.63) is 29.6 Å². The standard InChI is InChI=1S/C16H23N3O.2ClH/c1-11-6-7-19(14(8-11)9-17)16(20)15-5-4-13(10-18-15)12-2-3-12;;/h4-5,10-12,14H,2-3,6-9,17H2,1H3;2*1H. The van der Waals surface area contributed by atoms with Gasteiger partial charge in [0.15, 0.2) is 0 Å². The molecule has 0 aromatic carbocycles. The molecule has 1 aliphatic heterocycles. The van der Waals surface area contributed by atoms with Gasteiger partial charge >= 0.3 is 0 Å². The van der Waals surface area contributed by atoms with Gasteiger partial charge in [-0.2, -0.15) is 0 Å². The van der Waals surface area contributed by atoms with Crippen molar-refractivity contribution in [2.45, 2.75) is 44.6 Å². The minimum absolute atomic E-state index is 0. The van der Waals surface area contributed by atoms with E-state index in [1.54, 1.807) is 0 Å².